The molecule has 0 fully saturated rings. The molecule has 0 aromatic heterocycles. The van der Waals surface area contributed by atoms with Gasteiger partial charge in [0.25, 0.3) is 0 Å². The van der Waals surface area contributed by atoms with Crippen molar-refractivity contribution in [1.82, 2.24) is 4.90 Å². The van der Waals surface area contributed by atoms with Gasteiger partial charge >= 0.3 is 0 Å². The second-order valence-electron chi connectivity index (χ2n) is 4.62. The van der Waals surface area contributed by atoms with Crippen molar-refractivity contribution < 1.29 is 9.84 Å². The SMILES string of the molecule is CCC(CC)N(CCO)Cc1cc(Br)ccc1OC. The van der Waals surface area contributed by atoms with Gasteiger partial charge in [0.1, 0.15) is 5.75 Å². The summed E-state index contributed by atoms with van der Waals surface area (Å²) in [5, 5.41) is 9.25. The van der Waals surface area contributed by atoms with Gasteiger partial charge in [0, 0.05) is 29.2 Å². The van der Waals surface area contributed by atoms with E-state index < -0.39 is 0 Å². The summed E-state index contributed by atoms with van der Waals surface area (Å²) < 4.78 is 6.47. The highest BCUT2D eigenvalue weighted by Gasteiger charge is 2.17. The topological polar surface area (TPSA) is 32.7 Å². The summed E-state index contributed by atoms with van der Waals surface area (Å²) in [6, 6.07) is 6.54. The van der Waals surface area contributed by atoms with Crippen molar-refractivity contribution in [3.63, 3.8) is 0 Å². The standard InChI is InChI=1S/C15H24BrNO2/c1-4-14(5-2)17(8-9-18)11-12-10-13(16)6-7-15(12)19-3/h6-7,10,14,18H,4-5,8-9,11H2,1-3H3. The van der Waals surface area contributed by atoms with Gasteiger partial charge < -0.3 is 9.84 Å². The maximum absolute atomic E-state index is 9.25. The van der Waals surface area contributed by atoms with Crippen LogP contribution in [0.2, 0.25) is 0 Å². The van der Waals surface area contributed by atoms with Gasteiger partial charge in [-0.2, -0.15) is 0 Å². The van der Waals surface area contributed by atoms with Crippen LogP contribution in [0.3, 0.4) is 0 Å². The largest absolute Gasteiger partial charge is 0.496 e. The summed E-state index contributed by atoms with van der Waals surface area (Å²) in [4.78, 5) is 2.32. The summed E-state index contributed by atoms with van der Waals surface area (Å²) in [5.41, 5.74) is 1.15. The van der Waals surface area contributed by atoms with Crippen LogP contribution in [0, 0.1) is 0 Å². The first-order valence-electron chi connectivity index (χ1n) is 6.83. The van der Waals surface area contributed by atoms with Crippen molar-refractivity contribution in [2.24, 2.45) is 0 Å². The minimum atomic E-state index is 0.187. The number of hydrogen-bond donors (Lipinski definition) is 1. The van der Waals surface area contributed by atoms with Gasteiger partial charge in [-0.05, 0) is 31.0 Å². The van der Waals surface area contributed by atoms with Crippen LogP contribution in [-0.4, -0.2) is 36.3 Å². The van der Waals surface area contributed by atoms with E-state index in [1.165, 1.54) is 0 Å². The Hall–Kier alpha value is -0.580. The number of rotatable bonds is 8. The molecule has 0 bridgehead atoms. The van der Waals surface area contributed by atoms with E-state index in [1.807, 2.05) is 12.1 Å². The first-order valence-corrected chi connectivity index (χ1v) is 7.62. The van der Waals surface area contributed by atoms with E-state index in [2.05, 4.69) is 40.7 Å². The van der Waals surface area contributed by atoms with Crippen molar-refractivity contribution in [3.8, 4) is 5.75 Å². The van der Waals surface area contributed by atoms with E-state index in [0.29, 0.717) is 12.6 Å². The lowest BCUT2D eigenvalue weighted by Crippen LogP contribution is -2.36. The summed E-state index contributed by atoms with van der Waals surface area (Å²) >= 11 is 3.50. The quantitative estimate of drug-likeness (QED) is 0.793. The third kappa shape index (κ3) is 4.79. The van der Waals surface area contributed by atoms with Gasteiger partial charge in [0.15, 0.2) is 0 Å². The first-order chi connectivity index (χ1) is 9.15. The number of hydrogen-bond acceptors (Lipinski definition) is 3. The molecule has 0 amide bonds. The molecular weight excluding hydrogens is 306 g/mol. The zero-order valence-electron chi connectivity index (χ0n) is 12.0. The molecule has 19 heavy (non-hydrogen) atoms. The lowest BCUT2D eigenvalue weighted by molar-refractivity contribution is 0.135. The summed E-state index contributed by atoms with van der Waals surface area (Å²) in [5.74, 6) is 0.900. The van der Waals surface area contributed by atoms with Crippen LogP contribution in [0.1, 0.15) is 32.3 Å². The normalized spacial score (nSPS) is 11.3. The first kappa shape index (κ1) is 16.5. The van der Waals surface area contributed by atoms with E-state index >= 15 is 0 Å². The maximum atomic E-state index is 9.25. The van der Waals surface area contributed by atoms with Gasteiger partial charge in [0.05, 0.1) is 13.7 Å². The summed E-state index contributed by atoms with van der Waals surface area (Å²) in [6.07, 6.45) is 2.18. The van der Waals surface area contributed by atoms with E-state index in [4.69, 9.17) is 4.74 Å². The molecule has 0 unspecified atom stereocenters. The van der Waals surface area contributed by atoms with E-state index in [-0.39, 0.29) is 6.61 Å². The lowest BCUT2D eigenvalue weighted by atomic mass is 10.1. The van der Waals surface area contributed by atoms with E-state index in [1.54, 1.807) is 7.11 Å². The van der Waals surface area contributed by atoms with Gasteiger partial charge in [-0.1, -0.05) is 29.8 Å². The van der Waals surface area contributed by atoms with Crippen LogP contribution in [0.5, 0.6) is 5.75 Å². The predicted molar refractivity (Wildman–Crippen MR) is 82.6 cm³/mol. The second-order valence-corrected chi connectivity index (χ2v) is 5.54. The van der Waals surface area contributed by atoms with Crippen LogP contribution in [0.15, 0.2) is 22.7 Å². The van der Waals surface area contributed by atoms with Crippen molar-refractivity contribution in [2.45, 2.75) is 39.3 Å². The molecule has 0 atom stereocenters. The molecule has 3 nitrogen and oxygen atoms in total. The van der Waals surface area contributed by atoms with Gasteiger partial charge in [-0.15, -0.1) is 0 Å². The molecule has 1 rings (SSSR count). The van der Waals surface area contributed by atoms with Gasteiger partial charge in [-0.25, -0.2) is 0 Å². The average Bonchev–Trinajstić information content (AvgIpc) is 2.40. The third-order valence-electron chi connectivity index (χ3n) is 3.46. The Morgan fingerprint density at radius 2 is 2.00 bits per heavy atom. The Balaban J connectivity index is 2.91. The minimum Gasteiger partial charge on any atom is -0.496 e. The number of ether oxygens (including phenoxy) is 1. The molecule has 0 heterocycles. The Labute approximate surface area is 124 Å². The summed E-state index contributed by atoms with van der Waals surface area (Å²) in [6.45, 7) is 6.07. The van der Waals surface area contributed by atoms with Crippen molar-refractivity contribution >= 4 is 15.9 Å². The highest BCUT2D eigenvalue weighted by atomic mass is 79.9. The number of aliphatic hydroxyl groups is 1. The molecule has 4 heteroatoms. The molecule has 0 spiro atoms. The van der Waals surface area contributed by atoms with Gasteiger partial charge in [0.2, 0.25) is 0 Å². The molecule has 108 valence electrons. The fourth-order valence-electron chi connectivity index (χ4n) is 2.41. The fraction of sp³-hybridized carbons (Fsp3) is 0.600. The second kappa shape index (κ2) is 8.56. The number of halogens is 1. The highest BCUT2D eigenvalue weighted by Crippen LogP contribution is 2.25. The average molecular weight is 330 g/mol. The minimum absolute atomic E-state index is 0.187. The zero-order valence-corrected chi connectivity index (χ0v) is 13.6. The molecule has 1 aromatic carbocycles. The number of aliphatic hydroxyl groups excluding tert-OH is 1. The highest BCUT2D eigenvalue weighted by molar-refractivity contribution is 9.10. The monoisotopic (exact) mass is 329 g/mol. The zero-order chi connectivity index (χ0) is 14.3. The van der Waals surface area contributed by atoms with Crippen molar-refractivity contribution in [1.29, 1.82) is 0 Å². The van der Waals surface area contributed by atoms with Crippen molar-refractivity contribution in [3.05, 3.63) is 28.2 Å². The fourth-order valence-corrected chi connectivity index (χ4v) is 2.82. The Morgan fingerprint density at radius 1 is 1.32 bits per heavy atom. The third-order valence-corrected chi connectivity index (χ3v) is 3.96. The smallest absolute Gasteiger partial charge is 0.123 e. The molecule has 0 aliphatic rings. The molecule has 0 aliphatic heterocycles. The van der Waals surface area contributed by atoms with E-state index in [0.717, 1.165) is 35.2 Å². The maximum Gasteiger partial charge on any atom is 0.123 e. The molecule has 0 saturated heterocycles. The van der Waals surface area contributed by atoms with Crippen LogP contribution < -0.4 is 4.74 Å². The molecule has 0 radical (unpaired) electrons. The molecule has 0 saturated carbocycles. The van der Waals surface area contributed by atoms with Crippen LogP contribution in [0.4, 0.5) is 0 Å². The molecule has 1 N–H and O–H groups in total. The van der Waals surface area contributed by atoms with Gasteiger partial charge in [-0.3, -0.25) is 4.90 Å². The molecule has 1 aromatic rings. The van der Waals surface area contributed by atoms with Crippen molar-refractivity contribution in [2.75, 3.05) is 20.3 Å². The Morgan fingerprint density at radius 3 is 2.53 bits per heavy atom. The summed E-state index contributed by atoms with van der Waals surface area (Å²) in [7, 11) is 1.69. The Bertz CT molecular complexity index is 380. The molecule has 0 aliphatic carbocycles. The lowest BCUT2D eigenvalue weighted by Gasteiger charge is -2.30. The Kier molecular flexibility index (Phi) is 7.42. The predicted octanol–water partition coefficient (Wildman–Crippen LogP) is 3.44. The number of methoxy groups -OCH3 is 1. The van der Waals surface area contributed by atoms with Crippen LogP contribution >= 0.6 is 15.9 Å². The molecular formula is C15H24BrNO2. The van der Waals surface area contributed by atoms with Crippen LogP contribution in [-0.2, 0) is 6.54 Å². The van der Waals surface area contributed by atoms with E-state index in [9.17, 15) is 5.11 Å². The van der Waals surface area contributed by atoms with Crippen LogP contribution in [0.25, 0.3) is 0 Å². The number of nitrogens with zero attached hydrogens (tertiary/aromatic N) is 1. The number of benzene rings is 1.